The summed E-state index contributed by atoms with van der Waals surface area (Å²) in [6, 6.07) is 6.79. The maximum atomic E-state index is 13.6. The minimum Gasteiger partial charge on any atom is -0.497 e. The van der Waals surface area contributed by atoms with E-state index < -0.39 is 17.7 Å². The van der Waals surface area contributed by atoms with E-state index in [1.54, 1.807) is 7.11 Å². The third-order valence-electron chi connectivity index (χ3n) is 7.24. The van der Waals surface area contributed by atoms with E-state index in [4.69, 9.17) is 14.2 Å². The quantitative estimate of drug-likeness (QED) is 0.442. The first kappa shape index (κ1) is 26.4. The normalized spacial score (nSPS) is 18.9. The lowest BCUT2D eigenvalue weighted by molar-refractivity contribution is -0.151. The second-order valence-corrected chi connectivity index (χ2v) is 11.0. The van der Waals surface area contributed by atoms with E-state index in [0.29, 0.717) is 11.8 Å². The Kier molecular flexibility index (Phi) is 9.66. The predicted octanol–water partition coefficient (Wildman–Crippen LogP) is 6.41. The number of ether oxygens (including phenoxy) is 3. The molecule has 0 aromatic heterocycles. The second kappa shape index (κ2) is 12.5. The molecule has 6 nitrogen and oxygen atoms in total. The van der Waals surface area contributed by atoms with Crippen LogP contribution in [0.5, 0.6) is 5.75 Å². The van der Waals surface area contributed by atoms with Crippen molar-refractivity contribution in [1.82, 2.24) is 5.32 Å². The van der Waals surface area contributed by atoms with Crippen molar-refractivity contribution in [2.75, 3.05) is 7.11 Å². The lowest BCUT2D eigenvalue weighted by Gasteiger charge is -2.41. The van der Waals surface area contributed by atoms with Crippen molar-refractivity contribution in [2.45, 2.75) is 103 Å². The van der Waals surface area contributed by atoms with E-state index in [0.717, 1.165) is 37.0 Å². The van der Waals surface area contributed by atoms with Crippen LogP contribution in [0.15, 0.2) is 24.3 Å². The molecule has 2 saturated carbocycles. The van der Waals surface area contributed by atoms with Gasteiger partial charge in [0, 0.05) is 0 Å². The molecule has 34 heavy (non-hydrogen) atoms. The fourth-order valence-electron chi connectivity index (χ4n) is 5.68. The predicted molar refractivity (Wildman–Crippen MR) is 133 cm³/mol. The lowest BCUT2D eigenvalue weighted by atomic mass is 9.66. The van der Waals surface area contributed by atoms with Crippen LogP contribution in [0, 0.1) is 17.8 Å². The van der Waals surface area contributed by atoms with Gasteiger partial charge in [0.25, 0.3) is 0 Å². The van der Waals surface area contributed by atoms with Crippen LogP contribution in [-0.4, -0.2) is 30.8 Å². The third kappa shape index (κ3) is 7.92. The van der Waals surface area contributed by atoms with Crippen LogP contribution in [0.3, 0.4) is 0 Å². The number of rotatable bonds is 8. The van der Waals surface area contributed by atoms with Crippen LogP contribution in [0.4, 0.5) is 4.79 Å². The van der Waals surface area contributed by atoms with Crippen LogP contribution in [0.2, 0.25) is 0 Å². The first-order valence-electron chi connectivity index (χ1n) is 13.1. The van der Waals surface area contributed by atoms with Crippen molar-refractivity contribution >= 4 is 12.1 Å². The third-order valence-corrected chi connectivity index (χ3v) is 7.24. The zero-order chi connectivity index (χ0) is 24.6. The van der Waals surface area contributed by atoms with Crippen molar-refractivity contribution in [3.05, 3.63) is 29.8 Å². The summed E-state index contributed by atoms with van der Waals surface area (Å²) in [6.07, 6.45) is 11.2. The summed E-state index contributed by atoms with van der Waals surface area (Å²) >= 11 is 0. The highest BCUT2D eigenvalue weighted by molar-refractivity contribution is 5.82. The van der Waals surface area contributed by atoms with Gasteiger partial charge in [-0.1, -0.05) is 76.3 Å². The maximum Gasteiger partial charge on any atom is 0.408 e. The van der Waals surface area contributed by atoms with Gasteiger partial charge in [0.2, 0.25) is 0 Å². The number of amides is 1. The Bertz CT molecular complexity index is 755. The van der Waals surface area contributed by atoms with Crippen molar-refractivity contribution in [2.24, 2.45) is 17.8 Å². The van der Waals surface area contributed by atoms with Gasteiger partial charge in [-0.25, -0.2) is 9.59 Å². The molecular weight excluding hydrogens is 430 g/mol. The fourth-order valence-corrected chi connectivity index (χ4v) is 5.68. The molecule has 1 amide bonds. The molecule has 190 valence electrons. The molecule has 2 aliphatic carbocycles. The zero-order valence-electron chi connectivity index (χ0n) is 21.4. The number of carbonyl (C=O) groups is 2. The molecule has 1 aromatic carbocycles. The molecule has 0 saturated heterocycles. The summed E-state index contributed by atoms with van der Waals surface area (Å²) in [4.78, 5) is 26.4. The van der Waals surface area contributed by atoms with Gasteiger partial charge in [-0.2, -0.15) is 0 Å². The molecule has 0 heterocycles. The highest BCUT2D eigenvalue weighted by atomic mass is 16.6. The molecule has 0 spiro atoms. The number of hydrogen-bond donors (Lipinski definition) is 1. The zero-order valence-corrected chi connectivity index (χ0v) is 21.4. The molecule has 1 aromatic rings. The van der Waals surface area contributed by atoms with E-state index in [1.807, 2.05) is 45.0 Å². The Balaban J connectivity index is 1.80. The first-order chi connectivity index (χ1) is 16.3. The van der Waals surface area contributed by atoms with Crippen molar-refractivity contribution in [3.8, 4) is 5.75 Å². The van der Waals surface area contributed by atoms with E-state index in [1.165, 1.54) is 38.5 Å². The Morgan fingerprint density at radius 2 is 1.44 bits per heavy atom. The highest BCUT2D eigenvalue weighted by Gasteiger charge is 2.42. The van der Waals surface area contributed by atoms with E-state index in [2.05, 4.69) is 5.32 Å². The smallest absolute Gasteiger partial charge is 0.408 e. The molecule has 2 fully saturated rings. The van der Waals surface area contributed by atoms with Crippen LogP contribution in [-0.2, 0) is 20.9 Å². The van der Waals surface area contributed by atoms with Gasteiger partial charge in [-0.3, -0.25) is 0 Å². The molecule has 6 heteroatoms. The largest absolute Gasteiger partial charge is 0.497 e. The molecule has 3 rings (SSSR count). The van der Waals surface area contributed by atoms with Crippen LogP contribution < -0.4 is 10.1 Å². The van der Waals surface area contributed by atoms with Crippen LogP contribution in [0.25, 0.3) is 0 Å². The molecule has 1 N–H and O–H groups in total. The molecule has 1 atom stereocenters. The van der Waals surface area contributed by atoms with E-state index >= 15 is 0 Å². The number of alkyl carbamates (subject to hydrolysis) is 1. The summed E-state index contributed by atoms with van der Waals surface area (Å²) in [5.41, 5.74) is 0.254. The van der Waals surface area contributed by atoms with Gasteiger partial charge >= 0.3 is 12.1 Å². The minimum absolute atomic E-state index is 0.0801. The van der Waals surface area contributed by atoms with Crippen molar-refractivity contribution < 1.29 is 23.8 Å². The molecule has 0 bridgehead atoms. The van der Waals surface area contributed by atoms with E-state index in [9.17, 15) is 9.59 Å². The monoisotopic (exact) mass is 473 g/mol. The average molecular weight is 474 g/mol. The molecule has 0 radical (unpaired) electrons. The van der Waals surface area contributed by atoms with Crippen molar-refractivity contribution in [1.29, 1.82) is 0 Å². The molecule has 0 unspecified atom stereocenters. The number of carbonyl (C=O) groups excluding carboxylic acids is 2. The SMILES string of the molecule is COc1ccc(COC(=O)[C@@H](NC(=O)OC(C)(C)C)C(C2CCCCC2)C2CCCCC2)cc1. The fraction of sp³-hybridized carbons (Fsp3) is 0.714. The summed E-state index contributed by atoms with van der Waals surface area (Å²) in [7, 11) is 1.62. The van der Waals surface area contributed by atoms with E-state index in [-0.39, 0.29) is 18.5 Å². The van der Waals surface area contributed by atoms with Gasteiger partial charge < -0.3 is 19.5 Å². The lowest BCUT2D eigenvalue weighted by Crippen LogP contribution is -2.53. The highest BCUT2D eigenvalue weighted by Crippen LogP contribution is 2.42. The summed E-state index contributed by atoms with van der Waals surface area (Å²) < 4.78 is 16.6. The Morgan fingerprint density at radius 1 is 0.912 bits per heavy atom. The molecule has 2 aliphatic rings. The number of esters is 1. The Hall–Kier alpha value is -2.24. The number of benzene rings is 1. The summed E-state index contributed by atoms with van der Waals surface area (Å²) in [5, 5.41) is 2.97. The van der Waals surface area contributed by atoms with Gasteiger partial charge in [0.05, 0.1) is 7.11 Å². The van der Waals surface area contributed by atoms with Crippen LogP contribution in [0.1, 0.15) is 90.5 Å². The standard InChI is InChI=1S/C28H43NO5/c1-28(2,3)34-27(31)29-25(26(30)33-19-20-15-17-23(32-4)18-16-20)24(21-11-7-5-8-12-21)22-13-9-6-10-14-22/h15-18,21-22,24-25H,5-14,19H2,1-4H3,(H,29,31)/t25-/m0/s1. The molecular formula is C28H43NO5. The van der Waals surface area contributed by atoms with Gasteiger partial charge in [0.15, 0.2) is 0 Å². The van der Waals surface area contributed by atoms with Gasteiger partial charge in [0.1, 0.15) is 24.0 Å². The molecule has 0 aliphatic heterocycles. The number of methoxy groups -OCH3 is 1. The van der Waals surface area contributed by atoms with Gasteiger partial charge in [-0.15, -0.1) is 0 Å². The van der Waals surface area contributed by atoms with Gasteiger partial charge in [-0.05, 0) is 56.2 Å². The van der Waals surface area contributed by atoms with Crippen LogP contribution >= 0.6 is 0 Å². The Morgan fingerprint density at radius 3 is 1.91 bits per heavy atom. The number of nitrogens with one attached hydrogen (secondary N) is 1. The first-order valence-corrected chi connectivity index (χ1v) is 13.1. The minimum atomic E-state index is -0.695. The summed E-state index contributed by atoms with van der Waals surface area (Å²) in [5.74, 6) is 1.32. The Labute approximate surface area is 205 Å². The second-order valence-electron chi connectivity index (χ2n) is 11.0. The van der Waals surface area contributed by atoms with Crippen molar-refractivity contribution in [3.63, 3.8) is 0 Å². The summed E-state index contributed by atoms with van der Waals surface area (Å²) in [6.45, 7) is 5.67. The number of hydrogen-bond acceptors (Lipinski definition) is 5. The maximum absolute atomic E-state index is 13.6. The average Bonchev–Trinajstić information content (AvgIpc) is 2.82. The topological polar surface area (TPSA) is 73.9 Å².